The molecule has 26 heavy (non-hydrogen) atoms. The van der Waals surface area contributed by atoms with Gasteiger partial charge in [-0.1, -0.05) is 107 Å². The van der Waals surface area contributed by atoms with Gasteiger partial charge in [-0.15, -0.1) is 0 Å². The standard InChI is InChI=1S/C22H22Cl2NP/c1-18-12-13-22(26(23)24)21(14-18)17-25(15-19-8-4-2-5-9-19)16-20-10-6-3-7-11-20/h2-14H,15-17H2,1H3. The minimum atomic E-state index is -1.16. The van der Waals surface area contributed by atoms with Gasteiger partial charge in [-0.2, -0.15) is 0 Å². The smallest absolute Gasteiger partial charge is 0.117 e. The second-order valence-electron chi connectivity index (χ2n) is 6.48. The van der Waals surface area contributed by atoms with Crippen LogP contribution in [0.5, 0.6) is 0 Å². The van der Waals surface area contributed by atoms with Crippen LogP contribution in [0.15, 0.2) is 78.9 Å². The Labute approximate surface area is 166 Å². The van der Waals surface area contributed by atoms with Crippen LogP contribution in [0.2, 0.25) is 0 Å². The maximum atomic E-state index is 6.28. The van der Waals surface area contributed by atoms with Crippen molar-refractivity contribution >= 4 is 34.4 Å². The number of halogens is 2. The van der Waals surface area contributed by atoms with E-state index < -0.39 is 6.63 Å². The van der Waals surface area contributed by atoms with Crippen LogP contribution in [0.1, 0.15) is 22.3 Å². The second-order valence-corrected chi connectivity index (χ2v) is 9.98. The van der Waals surface area contributed by atoms with Crippen LogP contribution >= 0.6 is 29.1 Å². The molecule has 0 N–H and O–H groups in total. The zero-order chi connectivity index (χ0) is 18.4. The highest BCUT2D eigenvalue weighted by Gasteiger charge is 2.15. The zero-order valence-electron chi connectivity index (χ0n) is 14.8. The molecular weight excluding hydrogens is 380 g/mol. The lowest BCUT2D eigenvalue weighted by atomic mass is 10.1. The normalized spacial score (nSPS) is 11.3. The molecule has 3 aromatic carbocycles. The summed E-state index contributed by atoms with van der Waals surface area (Å²) < 4.78 is 0. The predicted octanol–water partition coefficient (Wildman–Crippen LogP) is 6.61. The van der Waals surface area contributed by atoms with Gasteiger partial charge in [-0.05, 0) is 23.6 Å². The van der Waals surface area contributed by atoms with Gasteiger partial charge in [0.25, 0.3) is 0 Å². The van der Waals surface area contributed by atoms with Crippen molar-refractivity contribution in [2.24, 2.45) is 0 Å². The zero-order valence-corrected chi connectivity index (χ0v) is 17.2. The van der Waals surface area contributed by atoms with E-state index in [1.165, 1.54) is 22.3 Å². The molecule has 0 unspecified atom stereocenters. The molecule has 0 saturated heterocycles. The molecule has 0 atom stereocenters. The first kappa shape index (κ1) is 19.4. The van der Waals surface area contributed by atoms with E-state index in [1.54, 1.807) is 0 Å². The minimum absolute atomic E-state index is 0.819. The summed E-state index contributed by atoms with van der Waals surface area (Å²) in [6, 6.07) is 27.5. The lowest BCUT2D eigenvalue weighted by Crippen LogP contribution is -2.25. The maximum Gasteiger partial charge on any atom is 0.117 e. The van der Waals surface area contributed by atoms with Gasteiger partial charge in [0, 0.05) is 24.9 Å². The summed E-state index contributed by atoms with van der Waals surface area (Å²) in [4.78, 5) is 2.44. The molecule has 4 heteroatoms. The lowest BCUT2D eigenvalue weighted by molar-refractivity contribution is 0.248. The van der Waals surface area contributed by atoms with Gasteiger partial charge < -0.3 is 0 Å². The van der Waals surface area contributed by atoms with Crippen LogP contribution in [-0.4, -0.2) is 4.90 Å². The average molecular weight is 402 g/mol. The predicted molar refractivity (Wildman–Crippen MR) is 115 cm³/mol. The van der Waals surface area contributed by atoms with Gasteiger partial charge in [0.05, 0.1) is 0 Å². The summed E-state index contributed by atoms with van der Waals surface area (Å²) in [5.74, 6) is 0. The molecule has 134 valence electrons. The van der Waals surface area contributed by atoms with Crippen molar-refractivity contribution in [1.82, 2.24) is 4.90 Å². The van der Waals surface area contributed by atoms with E-state index in [-0.39, 0.29) is 0 Å². The van der Waals surface area contributed by atoms with Crippen molar-refractivity contribution < 1.29 is 0 Å². The molecule has 0 fully saturated rings. The Morgan fingerprint density at radius 2 is 1.27 bits per heavy atom. The molecule has 0 amide bonds. The highest BCUT2D eigenvalue weighted by molar-refractivity contribution is 8.08. The maximum absolute atomic E-state index is 6.28. The Kier molecular flexibility index (Phi) is 7.11. The molecule has 0 aliphatic carbocycles. The topological polar surface area (TPSA) is 3.24 Å². The molecule has 0 radical (unpaired) electrons. The van der Waals surface area contributed by atoms with Gasteiger partial charge >= 0.3 is 0 Å². The quantitative estimate of drug-likeness (QED) is 0.402. The SMILES string of the molecule is Cc1ccc(P(Cl)Cl)c(CN(Cc2ccccc2)Cc2ccccc2)c1. The largest absolute Gasteiger partial charge is 0.291 e. The van der Waals surface area contributed by atoms with Crippen molar-refractivity contribution in [3.05, 3.63) is 101 Å². The molecule has 0 aliphatic rings. The molecule has 3 rings (SSSR count). The first-order chi connectivity index (χ1) is 12.6. The Hall–Kier alpha value is -1.37. The Bertz CT molecular complexity index is 781. The van der Waals surface area contributed by atoms with E-state index in [9.17, 15) is 0 Å². The summed E-state index contributed by atoms with van der Waals surface area (Å²) in [5.41, 5.74) is 5.05. The monoisotopic (exact) mass is 401 g/mol. The van der Waals surface area contributed by atoms with Crippen molar-refractivity contribution in [3.8, 4) is 0 Å². The third-order valence-corrected chi connectivity index (χ3v) is 6.20. The summed E-state index contributed by atoms with van der Waals surface area (Å²) in [7, 11) is 0. The molecule has 0 spiro atoms. The number of hydrogen-bond acceptors (Lipinski definition) is 1. The molecule has 3 aromatic rings. The fourth-order valence-electron chi connectivity index (χ4n) is 3.10. The van der Waals surface area contributed by atoms with E-state index >= 15 is 0 Å². The van der Waals surface area contributed by atoms with Gasteiger partial charge in [0.1, 0.15) is 6.63 Å². The fourth-order valence-corrected chi connectivity index (χ4v) is 4.63. The van der Waals surface area contributed by atoms with Gasteiger partial charge in [-0.3, -0.25) is 4.90 Å². The van der Waals surface area contributed by atoms with E-state index in [0.29, 0.717) is 0 Å². The Morgan fingerprint density at radius 3 is 1.77 bits per heavy atom. The summed E-state index contributed by atoms with van der Waals surface area (Å²) in [6.07, 6.45) is 0. The van der Waals surface area contributed by atoms with Gasteiger partial charge in [-0.25, -0.2) is 0 Å². The Morgan fingerprint density at radius 1 is 0.731 bits per heavy atom. The molecule has 0 saturated carbocycles. The number of rotatable bonds is 7. The van der Waals surface area contributed by atoms with E-state index in [4.69, 9.17) is 22.5 Å². The highest BCUT2D eigenvalue weighted by Crippen LogP contribution is 2.46. The van der Waals surface area contributed by atoms with Crippen LogP contribution in [0, 0.1) is 6.92 Å². The van der Waals surface area contributed by atoms with Crippen LogP contribution in [0.4, 0.5) is 0 Å². The van der Waals surface area contributed by atoms with Gasteiger partial charge in [0.2, 0.25) is 0 Å². The number of aryl methyl sites for hydroxylation is 1. The molecule has 0 aromatic heterocycles. The molecule has 1 nitrogen and oxygen atoms in total. The molecule has 0 heterocycles. The van der Waals surface area contributed by atoms with E-state index in [1.807, 2.05) is 0 Å². The number of nitrogens with zero attached hydrogens (tertiary/aromatic N) is 1. The summed E-state index contributed by atoms with van der Waals surface area (Å²) in [5, 5.41) is 1.06. The van der Waals surface area contributed by atoms with Gasteiger partial charge in [0.15, 0.2) is 0 Å². The first-order valence-corrected chi connectivity index (χ1v) is 11.8. The Balaban J connectivity index is 1.87. The third kappa shape index (κ3) is 5.56. The van der Waals surface area contributed by atoms with E-state index in [2.05, 4.69) is 90.7 Å². The van der Waals surface area contributed by atoms with Crippen molar-refractivity contribution in [3.63, 3.8) is 0 Å². The minimum Gasteiger partial charge on any atom is -0.291 e. The molecule has 0 bridgehead atoms. The average Bonchev–Trinajstić information content (AvgIpc) is 2.63. The third-order valence-electron chi connectivity index (χ3n) is 4.31. The van der Waals surface area contributed by atoms with E-state index in [0.717, 1.165) is 24.9 Å². The van der Waals surface area contributed by atoms with Crippen LogP contribution in [0.25, 0.3) is 0 Å². The molecular formula is C22H22Cl2NP. The van der Waals surface area contributed by atoms with Crippen molar-refractivity contribution in [2.45, 2.75) is 26.6 Å². The highest BCUT2D eigenvalue weighted by atomic mass is 35.9. The summed E-state index contributed by atoms with van der Waals surface area (Å²) in [6.45, 7) is 3.53. The number of benzene rings is 3. The van der Waals surface area contributed by atoms with Crippen molar-refractivity contribution in [1.29, 1.82) is 0 Å². The second kappa shape index (κ2) is 9.53. The first-order valence-electron chi connectivity index (χ1n) is 8.63. The summed E-state index contributed by atoms with van der Waals surface area (Å²) >= 11 is 12.6. The van der Waals surface area contributed by atoms with Crippen LogP contribution in [0.3, 0.4) is 0 Å². The van der Waals surface area contributed by atoms with Crippen LogP contribution < -0.4 is 5.30 Å². The van der Waals surface area contributed by atoms with Crippen molar-refractivity contribution in [2.75, 3.05) is 0 Å². The molecule has 0 aliphatic heterocycles. The fraction of sp³-hybridized carbons (Fsp3) is 0.182. The number of hydrogen-bond donors (Lipinski definition) is 0. The lowest BCUT2D eigenvalue weighted by Gasteiger charge is -2.24. The van der Waals surface area contributed by atoms with Crippen LogP contribution in [-0.2, 0) is 19.6 Å².